The number of hydrogen-bond acceptors (Lipinski definition) is 2. The first-order chi connectivity index (χ1) is 6.61. The Balaban J connectivity index is 2.99. The third kappa shape index (κ3) is 2.08. The SMILES string of the molecule is COCC(N)(c1ccccc1)C(F)F. The van der Waals surface area contributed by atoms with Crippen LogP contribution in [0.4, 0.5) is 8.78 Å². The van der Waals surface area contributed by atoms with Gasteiger partial charge in [-0.25, -0.2) is 8.78 Å². The van der Waals surface area contributed by atoms with Crippen LogP contribution in [0.5, 0.6) is 0 Å². The fraction of sp³-hybridized carbons (Fsp3) is 0.400. The molecule has 0 aliphatic rings. The van der Waals surface area contributed by atoms with E-state index in [9.17, 15) is 8.78 Å². The lowest BCUT2D eigenvalue weighted by molar-refractivity contribution is 0.000853. The first-order valence-corrected chi connectivity index (χ1v) is 4.22. The predicted molar refractivity (Wildman–Crippen MR) is 50.2 cm³/mol. The van der Waals surface area contributed by atoms with Gasteiger partial charge >= 0.3 is 0 Å². The lowest BCUT2D eigenvalue weighted by Gasteiger charge is -2.28. The van der Waals surface area contributed by atoms with Gasteiger partial charge < -0.3 is 10.5 Å². The van der Waals surface area contributed by atoms with Crippen LogP contribution in [0.2, 0.25) is 0 Å². The summed E-state index contributed by atoms with van der Waals surface area (Å²) in [5, 5.41) is 0. The second kappa shape index (κ2) is 4.48. The third-order valence-corrected chi connectivity index (χ3v) is 2.08. The molecule has 0 heterocycles. The summed E-state index contributed by atoms with van der Waals surface area (Å²) in [4.78, 5) is 0. The fourth-order valence-electron chi connectivity index (χ4n) is 1.26. The molecule has 0 fully saturated rings. The number of halogens is 2. The second-order valence-electron chi connectivity index (χ2n) is 3.14. The average molecular weight is 201 g/mol. The van der Waals surface area contributed by atoms with Crippen molar-refractivity contribution in [1.29, 1.82) is 0 Å². The molecule has 78 valence electrons. The van der Waals surface area contributed by atoms with Crippen LogP contribution in [0.15, 0.2) is 30.3 Å². The van der Waals surface area contributed by atoms with Crippen LogP contribution in [0.3, 0.4) is 0 Å². The van der Waals surface area contributed by atoms with E-state index in [1.807, 2.05) is 0 Å². The minimum Gasteiger partial charge on any atom is -0.382 e. The molecule has 14 heavy (non-hydrogen) atoms. The van der Waals surface area contributed by atoms with E-state index < -0.39 is 12.0 Å². The topological polar surface area (TPSA) is 35.2 Å². The molecule has 1 aromatic rings. The van der Waals surface area contributed by atoms with Crippen molar-refractivity contribution in [2.45, 2.75) is 12.0 Å². The van der Waals surface area contributed by atoms with Crippen molar-refractivity contribution < 1.29 is 13.5 Å². The van der Waals surface area contributed by atoms with E-state index in [0.717, 1.165) is 0 Å². The molecule has 1 rings (SSSR count). The van der Waals surface area contributed by atoms with Gasteiger partial charge in [-0.15, -0.1) is 0 Å². The highest BCUT2D eigenvalue weighted by molar-refractivity contribution is 5.24. The molecule has 0 amide bonds. The molecule has 4 heteroatoms. The zero-order chi connectivity index (χ0) is 10.6. The molecule has 0 saturated carbocycles. The quantitative estimate of drug-likeness (QED) is 0.805. The lowest BCUT2D eigenvalue weighted by atomic mass is 9.92. The highest BCUT2D eigenvalue weighted by Crippen LogP contribution is 2.25. The molecular weight excluding hydrogens is 188 g/mol. The number of rotatable bonds is 4. The van der Waals surface area contributed by atoms with Crippen LogP contribution in [0.25, 0.3) is 0 Å². The van der Waals surface area contributed by atoms with E-state index in [1.54, 1.807) is 30.3 Å². The summed E-state index contributed by atoms with van der Waals surface area (Å²) in [5.74, 6) is 0. The van der Waals surface area contributed by atoms with Crippen molar-refractivity contribution in [3.63, 3.8) is 0 Å². The molecule has 0 spiro atoms. The van der Waals surface area contributed by atoms with Crippen molar-refractivity contribution in [3.05, 3.63) is 35.9 Å². The van der Waals surface area contributed by atoms with Crippen LogP contribution < -0.4 is 5.73 Å². The first-order valence-electron chi connectivity index (χ1n) is 4.22. The molecule has 0 aromatic heterocycles. The summed E-state index contributed by atoms with van der Waals surface area (Å²) in [7, 11) is 1.35. The number of alkyl halides is 2. The van der Waals surface area contributed by atoms with Crippen LogP contribution in [0, 0.1) is 0 Å². The third-order valence-electron chi connectivity index (χ3n) is 2.08. The zero-order valence-electron chi connectivity index (χ0n) is 7.91. The largest absolute Gasteiger partial charge is 0.382 e. The van der Waals surface area contributed by atoms with Gasteiger partial charge in [-0.05, 0) is 5.56 Å². The van der Waals surface area contributed by atoms with Crippen LogP contribution in [-0.4, -0.2) is 20.1 Å². The number of methoxy groups -OCH3 is 1. The summed E-state index contributed by atoms with van der Waals surface area (Å²) < 4.78 is 30.2. The minimum absolute atomic E-state index is 0.200. The average Bonchev–Trinajstić information content (AvgIpc) is 2.19. The standard InChI is InChI=1S/C10H13F2NO/c1-14-7-10(13,9(11)12)8-5-3-2-4-6-8/h2-6,9H,7,13H2,1H3. The van der Waals surface area contributed by atoms with Crippen molar-refractivity contribution in [1.82, 2.24) is 0 Å². The van der Waals surface area contributed by atoms with E-state index in [-0.39, 0.29) is 6.61 Å². The van der Waals surface area contributed by atoms with Gasteiger partial charge in [0.1, 0.15) is 5.54 Å². The van der Waals surface area contributed by atoms with Gasteiger partial charge in [-0.2, -0.15) is 0 Å². The van der Waals surface area contributed by atoms with Gasteiger partial charge in [-0.3, -0.25) is 0 Å². The van der Waals surface area contributed by atoms with Crippen LogP contribution in [-0.2, 0) is 10.3 Å². The van der Waals surface area contributed by atoms with E-state index >= 15 is 0 Å². The number of hydrogen-bond donors (Lipinski definition) is 1. The van der Waals surface area contributed by atoms with Crippen molar-refractivity contribution >= 4 is 0 Å². The summed E-state index contributed by atoms with van der Waals surface area (Å²) >= 11 is 0. The molecule has 1 aromatic carbocycles. The van der Waals surface area contributed by atoms with E-state index in [0.29, 0.717) is 5.56 Å². The first kappa shape index (κ1) is 11.1. The molecule has 2 N–H and O–H groups in total. The lowest BCUT2D eigenvalue weighted by Crippen LogP contribution is -2.47. The van der Waals surface area contributed by atoms with Gasteiger partial charge in [0.15, 0.2) is 0 Å². The molecule has 0 aliphatic carbocycles. The number of ether oxygens (including phenoxy) is 1. The van der Waals surface area contributed by atoms with Gasteiger partial charge in [-0.1, -0.05) is 30.3 Å². The Bertz CT molecular complexity index is 279. The molecule has 1 unspecified atom stereocenters. The van der Waals surface area contributed by atoms with Crippen LogP contribution in [0.1, 0.15) is 5.56 Å². The molecule has 2 nitrogen and oxygen atoms in total. The number of benzene rings is 1. The molecule has 0 saturated heterocycles. The maximum atomic E-state index is 12.8. The smallest absolute Gasteiger partial charge is 0.262 e. The zero-order valence-corrected chi connectivity index (χ0v) is 7.91. The summed E-state index contributed by atoms with van der Waals surface area (Å²) in [6, 6.07) is 8.25. The van der Waals surface area contributed by atoms with Crippen molar-refractivity contribution in [2.24, 2.45) is 5.73 Å². The molecule has 0 bridgehead atoms. The van der Waals surface area contributed by atoms with Gasteiger partial charge in [0.05, 0.1) is 6.61 Å². The Morgan fingerprint density at radius 2 is 1.93 bits per heavy atom. The fourth-order valence-corrected chi connectivity index (χ4v) is 1.26. The Labute approximate surface area is 81.7 Å². The Hall–Kier alpha value is -1.00. The second-order valence-corrected chi connectivity index (χ2v) is 3.14. The highest BCUT2D eigenvalue weighted by Gasteiger charge is 2.37. The molecule has 0 aliphatic heterocycles. The Morgan fingerprint density at radius 3 is 2.36 bits per heavy atom. The molecular formula is C10H13F2NO. The van der Waals surface area contributed by atoms with Gasteiger partial charge in [0.25, 0.3) is 6.43 Å². The summed E-state index contributed by atoms with van der Waals surface area (Å²) in [6.07, 6.45) is -2.65. The maximum absolute atomic E-state index is 12.8. The van der Waals surface area contributed by atoms with E-state index in [2.05, 4.69) is 0 Å². The maximum Gasteiger partial charge on any atom is 0.262 e. The summed E-state index contributed by atoms with van der Waals surface area (Å²) in [5.41, 5.74) is 4.27. The van der Waals surface area contributed by atoms with Crippen molar-refractivity contribution in [3.8, 4) is 0 Å². The Morgan fingerprint density at radius 1 is 1.36 bits per heavy atom. The summed E-state index contributed by atoms with van der Waals surface area (Å²) in [6.45, 7) is -0.200. The number of nitrogens with two attached hydrogens (primary N) is 1. The van der Waals surface area contributed by atoms with Crippen LogP contribution >= 0.6 is 0 Å². The normalized spacial score (nSPS) is 15.5. The van der Waals surface area contributed by atoms with Crippen molar-refractivity contribution in [2.75, 3.05) is 13.7 Å². The van der Waals surface area contributed by atoms with Gasteiger partial charge in [0, 0.05) is 7.11 Å². The highest BCUT2D eigenvalue weighted by atomic mass is 19.3. The minimum atomic E-state index is -2.65. The molecule has 0 radical (unpaired) electrons. The molecule has 1 atom stereocenters. The predicted octanol–water partition coefficient (Wildman–Crippen LogP) is 1.75. The monoisotopic (exact) mass is 201 g/mol. The van der Waals surface area contributed by atoms with E-state index in [4.69, 9.17) is 10.5 Å². The van der Waals surface area contributed by atoms with Gasteiger partial charge in [0.2, 0.25) is 0 Å². The van der Waals surface area contributed by atoms with E-state index in [1.165, 1.54) is 7.11 Å². The Kier molecular flexibility index (Phi) is 3.55.